The number of nitrogens with one attached hydrogen (secondary N) is 1. The van der Waals surface area contributed by atoms with Gasteiger partial charge in [0.2, 0.25) is 15.9 Å². The minimum atomic E-state index is -3.57. The van der Waals surface area contributed by atoms with Crippen LogP contribution in [0.2, 0.25) is 0 Å². The van der Waals surface area contributed by atoms with E-state index in [9.17, 15) is 13.2 Å². The Labute approximate surface area is 157 Å². The van der Waals surface area contributed by atoms with Crippen LogP contribution in [0.25, 0.3) is 0 Å². The van der Waals surface area contributed by atoms with Crippen LogP contribution in [0.15, 0.2) is 24.3 Å². The summed E-state index contributed by atoms with van der Waals surface area (Å²) in [6.45, 7) is 8.64. The number of carbonyl (C=O) groups is 1. The number of rotatable bonds is 9. The lowest BCUT2D eigenvalue weighted by Gasteiger charge is -2.19. The molecular formula is C17H30ClN3O3S. The van der Waals surface area contributed by atoms with Gasteiger partial charge in [-0.05, 0) is 17.0 Å². The first-order valence-corrected chi connectivity index (χ1v) is 9.92. The van der Waals surface area contributed by atoms with Gasteiger partial charge in [-0.2, -0.15) is 0 Å². The molecule has 8 heteroatoms. The summed E-state index contributed by atoms with van der Waals surface area (Å²) in [7, 11) is -3.57. The fourth-order valence-electron chi connectivity index (χ4n) is 2.39. The molecule has 0 saturated carbocycles. The van der Waals surface area contributed by atoms with E-state index in [1.807, 2.05) is 24.3 Å². The van der Waals surface area contributed by atoms with Crippen molar-refractivity contribution in [2.75, 3.05) is 25.4 Å². The normalized spacial score (nSPS) is 12.8. The summed E-state index contributed by atoms with van der Waals surface area (Å²) in [5.74, 6) is -0.635. The topological polar surface area (TPSA) is 92.5 Å². The molecule has 1 atom stereocenters. The van der Waals surface area contributed by atoms with E-state index in [2.05, 4.69) is 19.2 Å². The van der Waals surface area contributed by atoms with Gasteiger partial charge in [0.15, 0.2) is 0 Å². The van der Waals surface area contributed by atoms with Gasteiger partial charge in [0, 0.05) is 25.7 Å². The van der Waals surface area contributed by atoms with E-state index >= 15 is 0 Å². The maximum absolute atomic E-state index is 12.1. The lowest BCUT2D eigenvalue weighted by Crippen LogP contribution is -2.41. The van der Waals surface area contributed by atoms with Gasteiger partial charge in [0.25, 0.3) is 0 Å². The molecule has 25 heavy (non-hydrogen) atoms. The number of amides is 1. The molecule has 1 amide bonds. The monoisotopic (exact) mass is 391 g/mol. The maximum Gasteiger partial charge on any atom is 0.236 e. The third kappa shape index (κ3) is 7.32. The van der Waals surface area contributed by atoms with Gasteiger partial charge in [0.05, 0.1) is 0 Å². The molecule has 3 N–H and O–H groups in total. The molecule has 6 nitrogen and oxygen atoms in total. The standard InChI is InChI=1S/C17H29N3O3S.ClH/c1-5-20(6-2)24(22,23)12-17(21)19-11-16(18)15-9-7-14(8-10-15)13(3)4;/h7-10,13,16H,5-6,11-12,18H2,1-4H3,(H,19,21);1H. The van der Waals surface area contributed by atoms with Gasteiger partial charge in [0.1, 0.15) is 5.75 Å². The Bertz CT molecular complexity index is 629. The zero-order valence-electron chi connectivity index (χ0n) is 15.4. The highest BCUT2D eigenvalue weighted by Crippen LogP contribution is 2.17. The summed E-state index contributed by atoms with van der Waals surface area (Å²) in [6.07, 6.45) is 0. The summed E-state index contributed by atoms with van der Waals surface area (Å²) in [5, 5.41) is 2.61. The van der Waals surface area contributed by atoms with Gasteiger partial charge < -0.3 is 11.1 Å². The van der Waals surface area contributed by atoms with Crippen molar-refractivity contribution in [1.29, 1.82) is 0 Å². The Kier molecular flexibility index (Phi) is 10.3. The molecule has 0 aromatic heterocycles. The smallest absolute Gasteiger partial charge is 0.236 e. The highest BCUT2D eigenvalue weighted by atomic mass is 35.5. The zero-order valence-corrected chi connectivity index (χ0v) is 17.0. The first kappa shape index (κ1) is 23.9. The molecule has 1 unspecified atom stereocenters. The van der Waals surface area contributed by atoms with Crippen LogP contribution in [-0.2, 0) is 14.8 Å². The number of sulfonamides is 1. The van der Waals surface area contributed by atoms with Gasteiger partial charge in [-0.1, -0.05) is 52.0 Å². The lowest BCUT2D eigenvalue weighted by atomic mass is 9.99. The fourth-order valence-corrected chi connectivity index (χ4v) is 3.80. The maximum atomic E-state index is 12.1. The van der Waals surface area contributed by atoms with E-state index in [0.717, 1.165) is 5.56 Å². The Balaban J connectivity index is 0.00000576. The van der Waals surface area contributed by atoms with Gasteiger partial charge in [-0.25, -0.2) is 12.7 Å². The van der Waals surface area contributed by atoms with Gasteiger partial charge in [-0.15, -0.1) is 12.4 Å². The zero-order chi connectivity index (χ0) is 18.3. The molecule has 144 valence electrons. The van der Waals surface area contributed by atoms with Crippen molar-refractivity contribution in [1.82, 2.24) is 9.62 Å². The number of hydrogen-bond acceptors (Lipinski definition) is 4. The molecule has 0 heterocycles. The Hall–Kier alpha value is -1.15. The summed E-state index contributed by atoms with van der Waals surface area (Å²) < 4.78 is 25.4. The molecule has 0 aliphatic heterocycles. The Morgan fingerprint density at radius 1 is 1.12 bits per heavy atom. The number of carbonyl (C=O) groups excluding carboxylic acids is 1. The molecule has 0 fully saturated rings. The second-order valence-electron chi connectivity index (χ2n) is 6.07. The predicted octanol–water partition coefficient (Wildman–Crippen LogP) is 2.02. The van der Waals surface area contributed by atoms with Crippen molar-refractivity contribution >= 4 is 28.3 Å². The van der Waals surface area contributed by atoms with Crippen molar-refractivity contribution in [3.63, 3.8) is 0 Å². The highest BCUT2D eigenvalue weighted by Gasteiger charge is 2.22. The predicted molar refractivity (Wildman–Crippen MR) is 104 cm³/mol. The van der Waals surface area contributed by atoms with Crippen molar-refractivity contribution in [3.8, 4) is 0 Å². The number of benzene rings is 1. The van der Waals surface area contributed by atoms with E-state index in [0.29, 0.717) is 19.0 Å². The summed E-state index contributed by atoms with van der Waals surface area (Å²) >= 11 is 0. The summed E-state index contributed by atoms with van der Waals surface area (Å²) in [4.78, 5) is 11.9. The van der Waals surface area contributed by atoms with E-state index < -0.39 is 21.7 Å². The second kappa shape index (κ2) is 10.8. The number of nitrogens with two attached hydrogens (primary N) is 1. The number of hydrogen-bond donors (Lipinski definition) is 2. The third-order valence-electron chi connectivity index (χ3n) is 3.96. The lowest BCUT2D eigenvalue weighted by molar-refractivity contribution is -0.118. The minimum Gasteiger partial charge on any atom is -0.353 e. The van der Waals surface area contributed by atoms with Crippen LogP contribution in [0.5, 0.6) is 0 Å². The van der Waals surface area contributed by atoms with Crippen LogP contribution < -0.4 is 11.1 Å². The largest absolute Gasteiger partial charge is 0.353 e. The first-order valence-electron chi connectivity index (χ1n) is 8.31. The van der Waals surface area contributed by atoms with Crippen LogP contribution in [0.3, 0.4) is 0 Å². The minimum absolute atomic E-state index is 0. The van der Waals surface area contributed by atoms with Gasteiger partial charge in [-0.3, -0.25) is 4.79 Å². The molecule has 0 saturated heterocycles. The van der Waals surface area contributed by atoms with Crippen molar-refractivity contribution in [2.45, 2.75) is 39.7 Å². The molecule has 1 aromatic carbocycles. The van der Waals surface area contributed by atoms with E-state index in [1.54, 1.807) is 13.8 Å². The van der Waals surface area contributed by atoms with E-state index in [1.165, 1.54) is 9.87 Å². The van der Waals surface area contributed by atoms with Crippen LogP contribution in [0.4, 0.5) is 0 Å². The molecular weight excluding hydrogens is 362 g/mol. The summed E-state index contributed by atoms with van der Waals surface area (Å²) in [6, 6.07) is 7.56. The molecule has 0 bridgehead atoms. The number of nitrogens with zero attached hydrogens (tertiary/aromatic N) is 1. The van der Waals surface area contributed by atoms with Crippen LogP contribution in [0, 0.1) is 0 Å². The molecule has 0 aliphatic carbocycles. The molecule has 0 aliphatic rings. The van der Waals surface area contributed by atoms with E-state index in [4.69, 9.17) is 5.73 Å². The summed E-state index contributed by atoms with van der Waals surface area (Å²) in [5.41, 5.74) is 8.20. The molecule has 1 rings (SSSR count). The molecule has 0 spiro atoms. The van der Waals surface area contributed by atoms with Crippen molar-refractivity contribution in [2.24, 2.45) is 5.73 Å². The SMILES string of the molecule is CCN(CC)S(=O)(=O)CC(=O)NCC(N)c1ccc(C(C)C)cc1.Cl. The highest BCUT2D eigenvalue weighted by molar-refractivity contribution is 7.89. The van der Waals surface area contributed by atoms with Crippen LogP contribution >= 0.6 is 12.4 Å². The second-order valence-corrected chi connectivity index (χ2v) is 8.04. The average Bonchev–Trinajstić information content (AvgIpc) is 2.53. The average molecular weight is 392 g/mol. The quantitative estimate of drug-likeness (QED) is 0.673. The Morgan fingerprint density at radius 2 is 1.60 bits per heavy atom. The van der Waals surface area contributed by atoms with Crippen molar-refractivity contribution < 1.29 is 13.2 Å². The third-order valence-corrected chi connectivity index (χ3v) is 5.89. The van der Waals surface area contributed by atoms with Crippen molar-refractivity contribution in [3.05, 3.63) is 35.4 Å². The van der Waals surface area contributed by atoms with E-state index in [-0.39, 0.29) is 25.0 Å². The van der Waals surface area contributed by atoms with Gasteiger partial charge >= 0.3 is 0 Å². The molecule has 1 aromatic rings. The number of halogens is 1. The Morgan fingerprint density at radius 3 is 2.04 bits per heavy atom. The van der Waals surface area contributed by atoms with Crippen LogP contribution in [0.1, 0.15) is 50.8 Å². The molecule has 0 radical (unpaired) electrons. The first-order chi connectivity index (χ1) is 11.2. The fraction of sp³-hybridized carbons (Fsp3) is 0.588. The van der Waals surface area contributed by atoms with Crippen LogP contribution in [-0.4, -0.2) is 44.0 Å².